The molecule has 0 spiro atoms. The summed E-state index contributed by atoms with van der Waals surface area (Å²) in [6, 6.07) is 21.4. The van der Waals surface area contributed by atoms with E-state index in [1.165, 1.54) is 11.1 Å². The average Bonchev–Trinajstić information content (AvgIpc) is 2.56. The number of hydrogen-bond donors (Lipinski definition) is 0. The maximum Gasteiger partial charge on any atom is 0.0835 e. The molecule has 2 heteroatoms. The van der Waals surface area contributed by atoms with Crippen molar-refractivity contribution in [3.05, 3.63) is 71.8 Å². The van der Waals surface area contributed by atoms with Gasteiger partial charge in [0.2, 0.25) is 0 Å². The first-order valence-corrected chi connectivity index (χ1v) is 8.30. The highest BCUT2D eigenvalue weighted by Gasteiger charge is 2.30. The molecule has 1 heterocycles. The molecule has 20 heavy (non-hydrogen) atoms. The lowest BCUT2D eigenvalue weighted by Gasteiger charge is -2.35. The third-order valence-corrected chi connectivity index (χ3v) is 4.74. The Morgan fingerprint density at radius 3 is 2.05 bits per heavy atom. The van der Waals surface area contributed by atoms with Gasteiger partial charge < -0.3 is 4.74 Å². The molecular weight excluding hydrogens is 312 g/mol. The zero-order chi connectivity index (χ0) is 13.8. The lowest BCUT2D eigenvalue weighted by atomic mass is 9.84. The maximum absolute atomic E-state index is 6.23. The van der Waals surface area contributed by atoms with Crippen molar-refractivity contribution in [3.63, 3.8) is 0 Å². The average molecular weight is 331 g/mol. The van der Waals surface area contributed by atoms with Crippen molar-refractivity contribution in [1.29, 1.82) is 0 Å². The van der Waals surface area contributed by atoms with Crippen molar-refractivity contribution in [1.82, 2.24) is 0 Å². The van der Waals surface area contributed by atoms with Gasteiger partial charge in [0.1, 0.15) is 0 Å². The molecule has 0 saturated carbocycles. The smallest absolute Gasteiger partial charge is 0.0835 e. The van der Waals surface area contributed by atoms with Gasteiger partial charge in [-0.05, 0) is 29.9 Å². The van der Waals surface area contributed by atoms with Crippen LogP contribution < -0.4 is 0 Å². The van der Waals surface area contributed by atoms with E-state index in [1.54, 1.807) is 0 Å². The van der Waals surface area contributed by atoms with Gasteiger partial charge in [-0.2, -0.15) is 0 Å². The zero-order valence-corrected chi connectivity index (χ0v) is 13.0. The van der Waals surface area contributed by atoms with Crippen LogP contribution in [0.15, 0.2) is 60.7 Å². The fourth-order valence-electron chi connectivity index (χ4n) is 2.99. The molecule has 2 aromatic carbocycles. The Hall–Kier alpha value is -1.12. The predicted molar refractivity (Wildman–Crippen MR) is 86.3 cm³/mol. The highest BCUT2D eigenvalue weighted by molar-refractivity contribution is 9.09. The third kappa shape index (κ3) is 3.13. The van der Waals surface area contributed by atoms with E-state index in [0.29, 0.717) is 12.0 Å². The van der Waals surface area contributed by atoms with Crippen molar-refractivity contribution in [2.75, 3.05) is 5.33 Å². The Labute approximate surface area is 129 Å². The van der Waals surface area contributed by atoms with Crippen LogP contribution in [-0.4, -0.2) is 11.4 Å². The molecule has 0 aliphatic carbocycles. The zero-order valence-electron chi connectivity index (χ0n) is 11.4. The number of halogens is 1. The maximum atomic E-state index is 6.23. The topological polar surface area (TPSA) is 9.23 Å². The van der Waals surface area contributed by atoms with E-state index < -0.39 is 0 Å². The second-order valence-electron chi connectivity index (χ2n) is 5.39. The van der Waals surface area contributed by atoms with Crippen LogP contribution in [0.3, 0.4) is 0 Å². The molecule has 0 radical (unpaired) electrons. The first kappa shape index (κ1) is 13.8. The summed E-state index contributed by atoms with van der Waals surface area (Å²) < 4.78 is 6.23. The van der Waals surface area contributed by atoms with Crippen LogP contribution in [0.2, 0.25) is 0 Å². The van der Waals surface area contributed by atoms with Gasteiger partial charge in [-0.25, -0.2) is 0 Å². The number of benzene rings is 2. The number of ether oxygens (including phenoxy) is 1. The summed E-state index contributed by atoms with van der Waals surface area (Å²) in [5.41, 5.74) is 2.72. The summed E-state index contributed by atoms with van der Waals surface area (Å²) in [5.74, 6) is 0.581. The fraction of sp³-hybridized carbons (Fsp3) is 0.333. The first-order chi connectivity index (χ1) is 9.86. The first-order valence-electron chi connectivity index (χ1n) is 7.18. The van der Waals surface area contributed by atoms with E-state index in [0.717, 1.165) is 18.2 Å². The molecule has 0 bridgehead atoms. The summed E-state index contributed by atoms with van der Waals surface area (Å²) in [5, 5.41) is 0.902. The Bertz CT molecular complexity index is 478. The van der Waals surface area contributed by atoms with Gasteiger partial charge in [0.05, 0.1) is 12.2 Å². The third-order valence-electron chi connectivity index (χ3n) is 4.02. The molecule has 1 fully saturated rings. The molecular formula is C18H19BrO. The Kier molecular flexibility index (Phi) is 4.54. The summed E-state index contributed by atoms with van der Waals surface area (Å²) in [4.78, 5) is 0. The van der Waals surface area contributed by atoms with Crippen molar-refractivity contribution in [2.24, 2.45) is 0 Å². The van der Waals surface area contributed by atoms with Crippen LogP contribution in [0.5, 0.6) is 0 Å². The molecule has 1 aliphatic rings. The Balaban J connectivity index is 1.83. The summed E-state index contributed by atoms with van der Waals surface area (Å²) >= 11 is 3.59. The van der Waals surface area contributed by atoms with Gasteiger partial charge in [0.15, 0.2) is 0 Å². The molecule has 1 saturated heterocycles. The van der Waals surface area contributed by atoms with Crippen molar-refractivity contribution >= 4 is 15.9 Å². The van der Waals surface area contributed by atoms with E-state index in [-0.39, 0.29) is 6.10 Å². The molecule has 1 aliphatic heterocycles. The summed E-state index contributed by atoms with van der Waals surface area (Å²) in [7, 11) is 0. The van der Waals surface area contributed by atoms with E-state index in [1.807, 2.05) is 0 Å². The molecule has 1 nitrogen and oxygen atoms in total. The second kappa shape index (κ2) is 6.55. The SMILES string of the molecule is BrC[C@@H]1C[C@H](c2ccccc2)C[C@@H](c2ccccc2)O1. The second-order valence-corrected chi connectivity index (χ2v) is 6.04. The van der Waals surface area contributed by atoms with Crippen LogP contribution in [0.4, 0.5) is 0 Å². The molecule has 0 N–H and O–H groups in total. The largest absolute Gasteiger partial charge is 0.369 e. The van der Waals surface area contributed by atoms with Crippen LogP contribution in [0, 0.1) is 0 Å². The highest BCUT2D eigenvalue weighted by atomic mass is 79.9. The van der Waals surface area contributed by atoms with Crippen molar-refractivity contribution in [3.8, 4) is 0 Å². The van der Waals surface area contributed by atoms with E-state index in [4.69, 9.17) is 4.74 Å². The highest BCUT2D eigenvalue weighted by Crippen LogP contribution is 2.40. The monoisotopic (exact) mass is 330 g/mol. The molecule has 3 atom stereocenters. The summed E-state index contributed by atoms with van der Waals surface area (Å²) in [6.07, 6.45) is 2.66. The van der Waals surface area contributed by atoms with Gasteiger partial charge in [-0.1, -0.05) is 76.6 Å². The minimum atomic E-state index is 0.206. The van der Waals surface area contributed by atoms with Crippen molar-refractivity contribution < 1.29 is 4.74 Å². The quantitative estimate of drug-likeness (QED) is 0.712. The fourth-order valence-corrected chi connectivity index (χ4v) is 3.41. The minimum absolute atomic E-state index is 0.206. The van der Waals surface area contributed by atoms with Crippen LogP contribution >= 0.6 is 15.9 Å². The summed E-state index contributed by atoms with van der Waals surface area (Å²) in [6.45, 7) is 0. The molecule has 3 rings (SSSR count). The van der Waals surface area contributed by atoms with E-state index in [9.17, 15) is 0 Å². The number of alkyl halides is 1. The molecule has 104 valence electrons. The Morgan fingerprint density at radius 1 is 0.850 bits per heavy atom. The molecule has 2 aromatic rings. The van der Waals surface area contributed by atoms with Gasteiger partial charge >= 0.3 is 0 Å². The van der Waals surface area contributed by atoms with Crippen LogP contribution in [0.1, 0.15) is 36.0 Å². The molecule has 0 amide bonds. The minimum Gasteiger partial charge on any atom is -0.369 e. The van der Waals surface area contributed by atoms with Gasteiger partial charge in [-0.15, -0.1) is 0 Å². The number of rotatable bonds is 3. The van der Waals surface area contributed by atoms with Gasteiger partial charge in [0, 0.05) is 5.33 Å². The normalized spacial score (nSPS) is 26.4. The van der Waals surface area contributed by atoms with Crippen LogP contribution in [0.25, 0.3) is 0 Å². The van der Waals surface area contributed by atoms with Crippen molar-refractivity contribution in [2.45, 2.75) is 31.0 Å². The molecule has 0 aromatic heterocycles. The molecule has 0 unspecified atom stereocenters. The van der Waals surface area contributed by atoms with Gasteiger partial charge in [-0.3, -0.25) is 0 Å². The van der Waals surface area contributed by atoms with Gasteiger partial charge in [0.25, 0.3) is 0 Å². The van der Waals surface area contributed by atoms with Crippen LogP contribution in [-0.2, 0) is 4.74 Å². The Morgan fingerprint density at radius 2 is 1.45 bits per heavy atom. The van der Waals surface area contributed by atoms with E-state index >= 15 is 0 Å². The lowest BCUT2D eigenvalue weighted by Crippen LogP contribution is -2.28. The number of hydrogen-bond acceptors (Lipinski definition) is 1. The standard InChI is InChI=1S/C18H19BrO/c19-13-17-11-16(14-7-3-1-4-8-14)12-18(20-17)15-9-5-2-6-10-15/h1-10,16-18H,11-13H2/t16-,17-,18-/m0/s1. The van der Waals surface area contributed by atoms with E-state index in [2.05, 4.69) is 76.6 Å². The predicted octanol–water partition coefficient (Wildman–Crippen LogP) is 5.09. The lowest BCUT2D eigenvalue weighted by molar-refractivity contribution is -0.0470.